The second-order valence-corrected chi connectivity index (χ2v) is 9.83. The van der Waals surface area contributed by atoms with Gasteiger partial charge in [0, 0.05) is 5.02 Å². The number of benzene rings is 1. The van der Waals surface area contributed by atoms with Gasteiger partial charge in [0.2, 0.25) is 5.91 Å². The molecule has 2 N–H and O–H groups in total. The number of hydrogen-bond donors (Lipinski definition) is 2. The van der Waals surface area contributed by atoms with Crippen molar-refractivity contribution in [2.24, 2.45) is 23.2 Å². The number of nitrogens with one attached hydrogen (secondary N) is 2. The molecule has 0 unspecified atom stereocenters. The number of rotatable bonds is 4. The van der Waals surface area contributed by atoms with Crippen LogP contribution in [0.25, 0.3) is 0 Å². The van der Waals surface area contributed by atoms with Crippen LogP contribution in [0.5, 0.6) is 0 Å². The molecule has 5 rings (SSSR count). The fraction of sp³-hybridized carbons (Fsp3) is 0.588. The molecule has 4 aliphatic carbocycles. The first-order valence-corrected chi connectivity index (χ1v) is 10.3. The lowest BCUT2D eigenvalue weighted by molar-refractivity contribution is -0.146. The molecule has 4 bridgehead atoms. The van der Waals surface area contributed by atoms with Crippen LogP contribution in [0.3, 0.4) is 0 Å². The Balaban J connectivity index is 1.47. The maximum Gasteiger partial charge on any atom is 0.257 e. The molecule has 1 aromatic carbocycles. The van der Waals surface area contributed by atoms with Gasteiger partial charge in [-0.2, -0.15) is 0 Å². The predicted octanol–water partition coefficient (Wildman–Crippen LogP) is 2.87. The monoisotopic (exact) mass is 368 g/mol. The highest BCUT2D eigenvalue weighted by atomic mass is 35.5. The normalized spacial score (nSPS) is 34.3. The Morgan fingerprint density at radius 2 is 1.67 bits per heavy atom. The molecule has 7 heteroatoms. The lowest BCUT2D eigenvalue weighted by atomic mass is 9.49. The van der Waals surface area contributed by atoms with E-state index in [9.17, 15) is 13.2 Å². The Hall–Kier alpha value is -1.11. The summed E-state index contributed by atoms with van der Waals surface area (Å²) in [6.07, 6.45) is 6.39. The summed E-state index contributed by atoms with van der Waals surface area (Å²) < 4.78 is 24.7. The predicted molar refractivity (Wildman–Crippen MR) is 90.5 cm³/mol. The van der Waals surface area contributed by atoms with Crippen LogP contribution >= 0.6 is 11.6 Å². The highest BCUT2D eigenvalue weighted by Gasteiger charge is 2.54. The van der Waals surface area contributed by atoms with Crippen LogP contribution in [0.4, 0.5) is 0 Å². The molecule has 0 radical (unpaired) electrons. The number of halogens is 1. The Morgan fingerprint density at radius 3 is 2.21 bits per heavy atom. The number of carbonyl (C=O) groups excluding carboxylic acids is 1. The van der Waals surface area contributed by atoms with Crippen molar-refractivity contribution in [2.75, 3.05) is 0 Å². The van der Waals surface area contributed by atoms with Crippen LogP contribution in [0.1, 0.15) is 38.5 Å². The Bertz CT molecular complexity index is 743. The molecule has 4 saturated carbocycles. The number of hydrogen-bond acceptors (Lipinski definition) is 3. The molecule has 1 aromatic rings. The van der Waals surface area contributed by atoms with Crippen molar-refractivity contribution in [3.63, 3.8) is 0 Å². The van der Waals surface area contributed by atoms with Crippen LogP contribution in [-0.2, 0) is 14.8 Å². The first-order chi connectivity index (χ1) is 11.4. The zero-order chi connectivity index (χ0) is 16.9. The van der Waals surface area contributed by atoms with E-state index in [-0.39, 0.29) is 16.2 Å². The quantitative estimate of drug-likeness (QED) is 0.802. The molecule has 4 fully saturated rings. The van der Waals surface area contributed by atoms with E-state index in [1.807, 2.05) is 0 Å². The van der Waals surface area contributed by atoms with Crippen LogP contribution in [0, 0.1) is 23.2 Å². The third-order valence-electron chi connectivity index (χ3n) is 5.93. The van der Waals surface area contributed by atoms with Gasteiger partial charge in [-0.25, -0.2) is 8.42 Å². The maximum atomic E-state index is 12.8. The molecule has 130 valence electrons. The van der Waals surface area contributed by atoms with E-state index in [4.69, 9.17) is 11.6 Å². The van der Waals surface area contributed by atoms with E-state index < -0.39 is 10.0 Å². The maximum absolute atomic E-state index is 12.8. The van der Waals surface area contributed by atoms with Crippen molar-refractivity contribution in [1.29, 1.82) is 0 Å². The Morgan fingerprint density at radius 1 is 1.08 bits per heavy atom. The molecule has 0 heterocycles. The number of hydrazine groups is 1. The van der Waals surface area contributed by atoms with Crippen LogP contribution in [-0.4, -0.2) is 14.3 Å². The van der Waals surface area contributed by atoms with Gasteiger partial charge in [-0.1, -0.05) is 17.7 Å². The molecule has 4 aliphatic rings. The van der Waals surface area contributed by atoms with Gasteiger partial charge in [-0.05, 0) is 74.5 Å². The molecular weight excluding hydrogens is 348 g/mol. The highest BCUT2D eigenvalue weighted by Crippen LogP contribution is 2.60. The van der Waals surface area contributed by atoms with Gasteiger partial charge in [0.15, 0.2) is 0 Å². The summed E-state index contributed by atoms with van der Waals surface area (Å²) in [5, 5.41) is 0.338. The van der Waals surface area contributed by atoms with E-state index in [1.54, 1.807) is 12.1 Å². The van der Waals surface area contributed by atoms with Gasteiger partial charge >= 0.3 is 0 Å². The van der Waals surface area contributed by atoms with Gasteiger partial charge in [0.05, 0.1) is 10.3 Å². The van der Waals surface area contributed by atoms with Gasteiger partial charge in [0.25, 0.3) is 10.0 Å². The van der Waals surface area contributed by atoms with Crippen molar-refractivity contribution in [2.45, 2.75) is 43.4 Å². The van der Waals surface area contributed by atoms with Gasteiger partial charge in [-0.15, -0.1) is 4.83 Å². The molecule has 24 heavy (non-hydrogen) atoms. The fourth-order valence-corrected chi connectivity index (χ4v) is 6.47. The first kappa shape index (κ1) is 16.4. The SMILES string of the molecule is O=C(NNS(=O)(=O)c1cccc(Cl)c1)C12CC3CC(CC(C3)C1)C2. The van der Waals surface area contributed by atoms with E-state index in [2.05, 4.69) is 10.3 Å². The van der Waals surface area contributed by atoms with E-state index >= 15 is 0 Å². The molecule has 0 aliphatic heterocycles. The van der Waals surface area contributed by atoms with Crippen molar-refractivity contribution in [3.05, 3.63) is 29.3 Å². The Kier molecular flexibility index (Phi) is 3.90. The third kappa shape index (κ3) is 2.85. The summed E-state index contributed by atoms with van der Waals surface area (Å²) in [6.45, 7) is 0. The first-order valence-electron chi connectivity index (χ1n) is 8.44. The number of amides is 1. The van der Waals surface area contributed by atoms with Gasteiger partial charge < -0.3 is 0 Å². The molecule has 0 aromatic heterocycles. The van der Waals surface area contributed by atoms with Crippen molar-refractivity contribution in [1.82, 2.24) is 10.3 Å². The fourth-order valence-electron chi connectivity index (χ4n) is 5.33. The molecule has 0 saturated heterocycles. The van der Waals surface area contributed by atoms with Crippen molar-refractivity contribution >= 4 is 27.5 Å². The summed E-state index contributed by atoms with van der Waals surface area (Å²) in [5.74, 6) is 1.72. The molecular formula is C17H21ClN2O3S. The summed E-state index contributed by atoms with van der Waals surface area (Å²) in [7, 11) is -3.82. The molecule has 0 spiro atoms. The zero-order valence-electron chi connectivity index (χ0n) is 13.3. The zero-order valence-corrected chi connectivity index (χ0v) is 14.9. The van der Waals surface area contributed by atoms with E-state index in [0.717, 1.165) is 19.3 Å². The summed E-state index contributed by atoms with van der Waals surface area (Å²) in [4.78, 5) is 15.1. The minimum atomic E-state index is -3.82. The van der Waals surface area contributed by atoms with Crippen LogP contribution < -0.4 is 10.3 Å². The topological polar surface area (TPSA) is 75.3 Å². The number of sulfonamides is 1. The van der Waals surface area contributed by atoms with Crippen molar-refractivity contribution in [3.8, 4) is 0 Å². The summed E-state index contributed by atoms with van der Waals surface area (Å²) in [5.41, 5.74) is 2.09. The summed E-state index contributed by atoms with van der Waals surface area (Å²) in [6, 6.07) is 5.98. The van der Waals surface area contributed by atoms with Crippen molar-refractivity contribution < 1.29 is 13.2 Å². The Labute approximate surface area is 147 Å². The summed E-state index contributed by atoms with van der Waals surface area (Å²) >= 11 is 5.84. The average molecular weight is 369 g/mol. The molecule has 0 atom stereocenters. The smallest absolute Gasteiger partial charge is 0.257 e. The van der Waals surface area contributed by atoms with E-state index in [0.29, 0.717) is 22.8 Å². The van der Waals surface area contributed by atoms with Crippen LogP contribution in [0.2, 0.25) is 5.02 Å². The largest absolute Gasteiger partial charge is 0.277 e. The lowest BCUT2D eigenvalue weighted by Crippen LogP contribution is -2.56. The van der Waals surface area contributed by atoms with Gasteiger partial charge in [-0.3, -0.25) is 10.2 Å². The highest BCUT2D eigenvalue weighted by molar-refractivity contribution is 7.89. The second kappa shape index (κ2) is 5.71. The minimum Gasteiger partial charge on any atom is -0.277 e. The minimum absolute atomic E-state index is 0.0424. The van der Waals surface area contributed by atoms with Crippen LogP contribution in [0.15, 0.2) is 29.2 Å². The standard InChI is InChI=1S/C17H21ClN2O3S/c18-14-2-1-3-15(7-14)24(22,23)20-19-16(21)17-8-11-4-12(9-17)6-13(5-11)10-17/h1-3,7,11-13,20H,4-6,8-10H2,(H,19,21). The van der Waals surface area contributed by atoms with Gasteiger partial charge in [0.1, 0.15) is 0 Å². The third-order valence-corrected chi connectivity index (χ3v) is 7.41. The number of carbonyl (C=O) groups is 1. The van der Waals surface area contributed by atoms with E-state index in [1.165, 1.54) is 31.4 Å². The average Bonchev–Trinajstić information content (AvgIpc) is 2.51. The molecule has 5 nitrogen and oxygen atoms in total. The second-order valence-electron chi connectivity index (χ2n) is 7.71. The molecule has 1 amide bonds. The lowest BCUT2D eigenvalue weighted by Gasteiger charge is -2.55.